The minimum absolute atomic E-state index is 0.0110. The fraction of sp³-hybridized carbons (Fsp3) is 0.956. The summed E-state index contributed by atoms with van der Waals surface area (Å²) in [5.41, 5.74) is 1.45. The van der Waals surface area contributed by atoms with Crippen LogP contribution in [0.1, 0.15) is 85.5 Å². The lowest BCUT2D eigenvalue weighted by Crippen LogP contribution is -2.64. The number of ether oxygens (including phenoxy) is 8. The second kappa shape index (κ2) is 17.8. The van der Waals surface area contributed by atoms with Crippen molar-refractivity contribution in [3.8, 4) is 0 Å². The molecule has 1 spiro atoms. The number of hydrogen-bond donors (Lipinski definition) is 10. The SMILES string of the molecule is C[C@@H]1O[C@@H](O[C@H]2[C@H](O)[C@@H](O)[C@H](O[C@H]3CC[C@@]4(C)C(=CC[C@H]5[C@@H]6C[C@@H]7O[C@]8(CC[C@@H](CO[C@@H]9O[C@H](CO)[C@@H](O)[C@H](O)[C@H]9O)CO8)[C@@H](C)[C@@H]7[C@@]6(C)CC[C@@H]54)C3)O[C@@H]2CO)[C@H](O)[C@H](O)[C@H]1O. The minimum atomic E-state index is -1.64. The molecule has 8 fully saturated rings. The molecule has 0 aromatic carbocycles. The van der Waals surface area contributed by atoms with E-state index in [9.17, 15) is 51.1 Å². The van der Waals surface area contributed by atoms with Crippen molar-refractivity contribution in [1.29, 1.82) is 0 Å². The molecule has 9 aliphatic rings. The van der Waals surface area contributed by atoms with E-state index in [0.29, 0.717) is 36.7 Å². The molecule has 9 rings (SSSR count). The molecule has 0 aromatic rings. The monoisotopic (exact) mass is 900 g/mol. The Balaban J connectivity index is 0.793. The summed E-state index contributed by atoms with van der Waals surface area (Å²) in [5, 5.41) is 104. The third kappa shape index (κ3) is 7.90. The van der Waals surface area contributed by atoms with E-state index >= 15 is 0 Å². The molecule has 360 valence electrons. The first-order valence-electron chi connectivity index (χ1n) is 23.5. The third-order valence-electron chi connectivity index (χ3n) is 17.8. The predicted octanol–water partition coefficient (Wildman–Crippen LogP) is -0.813. The van der Waals surface area contributed by atoms with E-state index in [1.54, 1.807) is 0 Å². The molecule has 0 aromatic heterocycles. The molecule has 0 bridgehead atoms. The van der Waals surface area contributed by atoms with Crippen LogP contribution in [0.25, 0.3) is 0 Å². The summed E-state index contributed by atoms with van der Waals surface area (Å²) in [6, 6.07) is 0. The summed E-state index contributed by atoms with van der Waals surface area (Å²) in [4.78, 5) is 0. The van der Waals surface area contributed by atoms with E-state index in [2.05, 4.69) is 26.8 Å². The van der Waals surface area contributed by atoms with Gasteiger partial charge in [0.1, 0.15) is 67.1 Å². The van der Waals surface area contributed by atoms with Crippen LogP contribution < -0.4 is 0 Å². The fourth-order valence-electron chi connectivity index (χ4n) is 14.1. The smallest absolute Gasteiger partial charge is 0.187 e. The van der Waals surface area contributed by atoms with Crippen molar-refractivity contribution in [3.63, 3.8) is 0 Å². The highest BCUT2D eigenvalue weighted by molar-refractivity contribution is 5.26. The first kappa shape index (κ1) is 47.1. The van der Waals surface area contributed by atoms with Crippen molar-refractivity contribution in [2.45, 2.75) is 196 Å². The lowest BCUT2D eigenvalue weighted by atomic mass is 9.47. The third-order valence-corrected chi connectivity index (χ3v) is 17.8. The standard InChI is InChI=1S/C45H72O18/c1-19-30-27(63-45(19)12-7-21(18-57-45)17-56-40-36(53)34(51)32(49)28(15-46)60-40)14-26-24-6-5-22-13-23(8-10-43(22,3)25(24)9-11-44(26,30)4)59-42-38(55)35(52)39(29(16-47)61-42)62-41-37(54)33(50)31(48)20(2)58-41/h5,19-21,23-42,46-55H,6-18H2,1-4H3/t19-,20-,21-,23-,24+,25-,26-,27-,28+,29+,30-,31-,32+,33+,34-,35+,36+,37+,38+,39+,40+,41-,42+,43-,44-,45+/m0/s1. The van der Waals surface area contributed by atoms with Crippen LogP contribution in [-0.2, 0) is 37.9 Å². The maximum absolute atomic E-state index is 11.2. The normalized spacial score (nSPS) is 56.9. The van der Waals surface area contributed by atoms with Crippen LogP contribution in [0.4, 0.5) is 0 Å². The molecular weight excluding hydrogens is 828 g/mol. The molecule has 5 saturated heterocycles. The van der Waals surface area contributed by atoms with Crippen LogP contribution in [-0.4, -0.2) is 188 Å². The summed E-state index contributed by atoms with van der Waals surface area (Å²) in [7, 11) is 0. The number of hydrogen-bond acceptors (Lipinski definition) is 18. The molecule has 18 nitrogen and oxygen atoms in total. The Morgan fingerprint density at radius 3 is 2.10 bits per heavy atom. The predicted molar refractivity (Wildman–Crippen MR) is 216 cm³/mol. The number of aliphatic hydroxyl groups excluding tert-OH is 10. The molecule has 4 aliphatic carbocycles. The second-order valence-corrected chi connectivity index (χ2v) is 21.1. The second-order valence-electron chi connectivity index (χ2n) is 21.1. The number of aliphatic hydroxyl groups is 10. The Morgan fingerprint density at radius 1 is 0.698 bits per heavy atom. The zero-order valence-corrected chi connectivity index (χ0v) is 36.8. The minimum Gasteiger partial charge on any atom is -0.394 e. The van der Waals surface area contributed by atoms with E-state index in [1.165, 1.54) is 12.5 Å². The molecule has 18 heteroatoms. The van der Waals surface area contributed by atoms with Crippen LogP contribution in [0.2, 0.25) is 0 Å². The molecule has 3 saturated carbocycles. The number of rotatable bonds is 9. The Kier molecular flexibility index (Phi) is 13.3. The molecule has 0 radical (unpaired) electrons. The van der Waals surface area contributed by atoms with Gasteiger partial charge in [0.05, 0.1) is 44.7 Å². The van der Waals surface area contributed by atoms with E-state index in [1.807, 2.05) is 0 Å². The molecule has 10 N–H and O–H groups in total. The maximum atomic E-state index is 11.2. The van der Waals surface area contributed by atoms with Gasteiger partial charge in [-0.15, -0.1) is 0 Å². The van der Waals surface area contributed by atoms with Gasteiger partial charge in [-0.1, -0.05) is 32.4 Å². The van der Waals surface area contributed by atoms with Gasteiger partial charge in [0, 0.05) is 18.3 Å². The molecule has 0 unspecified atom stereocenters. The first-order valence-corrected chi connectivity index (χ1v) is 23.5. The van der Waals surface area contributed by atoms with Crippen LogP contribution in [0.15, 0.2) is 11.6 Å². The van der Waals surface area contributed by atoms with Gasteiger partial charge in [0.2, 0.25) is 0 Å². The summed E-state index contributed by atoms with van der Waals surface area (Å²) in [5.74, 6) is 1.44. The van der Waals surface area contributed by atoms with Crippen molar-refractivity contribution in [2.24, 2.45) is 46.3 Å². The highest BCUT2D eigenvalue weighted by Gasteiger charge is 2.69. The van der Waals surface area contributed by atoms with Gasteiger partial charge in [-0.3, -0.25) is 0 Å². The van der Waals surface area contributed by atoms with Crippen LogP contribution in [0.5, 0.6) is 0 Å². The largest absolute Gasteiger partial charge is 0.394 e. The Bertz CT molecular complexity index is 1630. The first-order chi connectivity index (χ1) is 29.9. The van der Waals surface area contributed by atoms with Crippen LogP contribution >= 0.6 is 0 Å². The molecular formula is C45H72O18. The number of fused-ring (bicyclic) bond motifs is 7. The summed E-state index contributed by atoms with van der Waals surface area (Å²) in [6.07, 6.45) is -10.00. The quantitative estimate of drug-likeness (QED) is 0.127. The van der Waals surface area contributed by atoms with Crippen molar-refractivity contribution < 1.29 is 89.0 Å². The van der Waals surface area contributed by atoms with Crippen LogP contribution in [0, 0.1) is 46.3 Å². The van der Waals surface area contributed by atoms with Gasteiger partial charge < -0.3 is 89.0 Å². The van der Waals surface area contributed by atoms with Crippen molar-refractivity contribution in [3.05, 3.63) is 11.6 Å². The Labute approximate surface area is 368 Å². The van der Waals surface area contributed by atoms with Gasteiger partial charge in [-0.05, 0) is 92.8 Å². The highest BCUT2D eigenvalue weighted by atomic mass is 16.7. The van der Waals surface area contributed by atoms with E-state index in [0.717, 1.165) is 51.4 Å². The lowest BCUT2D eigenvalue weighted by Gasteiger charge is -2.58. The highest BCUT2D eigenvalue weighted by Crippen LogP contribution is 2.70. The van der Waals surface area contributed by atoms with Crippen LogP contribution in [0.3, 0.4) is 0 Å². The van der Waals surface area contributed by atoms with E-state index in [-0.39, 0.29) is 41.5 Å². The van der Waals surface area contributed by atoms with Gasteiger partial charge >= 0.3 is 0 Å². The molecule has 5 heterocycles. The zero-order chi connectivity index (χ0) is 44.9. The number of allylic oxidation sites excluding steroid dienone is 1. The van der Waals surface area contributed by atoms with Crippen molar-refractivity contribution >= 4 is 0 Å². The summed E-state index contributed by atoms with van der Waals surface area (Å²) < 4.78 is 48.8. The summed E-state index contributed by atoms with van der Waals surface area (Å²) >= 11 is 0. The summed E-state index contributed by atoms with van der Waals surface area (Å²) in [6.45, 7) is 8.25. The van der Waals surface area contributed by atoms with Gasteiger partial charge in [0.15, 0.2) is 24.7 Å². The fourth-order valence-corrected chi connectivity index (χ4v) is 14.1. The molecule has 63 heavy (non-hydrogen) atoms. The molecule has 5 aliphatic heterocycles. The maximum Gasteiger partial charge on any atom is 0.187 e. The topological polar surface area (TPSA) is 276 Å². The van der Waals surface area contributed by atoms with Gasteiger partial charge in [-0.2, -0.15) is 0 Å². The average molecular weight is 901 g/mol. The molecule has 26 atom stereocenters. The van der Waals surface area contributed by atoms with Gasteiger partial charge in [-0.25, -0.2) is 0 Å². The van der Waals surface area contributed by atoms with Gasteiger partial charge in [0.25, 0.3) is 0 Å². The Morgan fingerprint density at radius 2 is 1.38 bits per heavy atom. The van der Waals surface area contributed by atoms with E-state index < -0.39 is 111 Å². The lowest BCUT2D eigenvalue weighted by molar-refractivity contribution is -0.360. The Hall–Kier alpha value is -0.980. The van der Waals surface area contributed by atoms with E-state index in [4.69, 9.17) is 37.9 Å². The van der Waals surface area contributed by atoms with Crippen molar-refractivity contribution in [1.82, 2.24) is 0 Å². The van der Waals surface area contributed by atoms with Crippen molar-refractivity contribution in [2.75, 3.05) is 26.4 Å². The molecule has 0 amide bonds. The average Bonchev–Trinajstić information content (AvgIpc) is 3.72. The zero-order valence-electron chi connectivity index (χ0n) is 36.8.